The standard InChI is InChI=1S/C17H20Cl2N2O2/c1-21(17(22)11-4-2-3-5-11)10-13-9-16(20-23-13)12-6-7-14(18)15(19)8-12/h6-8,11,13H,2-5,9-10H2,1H3/t13-/m0/s1. The molecule has 124 valence electrons. The number of carbonyl (C=O) groups is 1. The Kier molecular flexibility index (Phi) is 5.12. The van der Waals surface area contributed by atoms with Crippen LogP contribution in [0, 0.1) is 5.92 Å². The molecule has 1 amide bonds. The number of amides is 1. The van der Waals surface area contributed by atoms with E-state index in [2.05, 4.69) is 5.16 Å². The molecule has 0 spiro atoms. The first-order valence-corrected chi connectivity index (χ1v) is 8.73. The predicted molar refractivity (Wildman–Crippen MR) is 92.1 cm³/mol. The average Bonchev–Trinajstić information content (AvgIpc) is 3.20. The van der Waals surface area contributed by atoms with Crippen molar-refractivity contribution in [1.82, 2.24) is 4.90 Å². The monoisotopic (exact) mass is 354 g/mol. The summed E-state index contributed by atoms with van der Waals surface area (Å²) < 4.78 is 0. The molecule has 1 aromatic carbocycles. The molecule has 1 atom stereocenters. The number of oxime groups is 1. The van der Waals surface area contributed by atoms with Crippen molar-refractivity contribution in [3.8, 4) is 0 Å². The van der Waals surface area contributed by atoms with Gasteiger partial charge in [0.05, 0.1) is 22.3 Å². The number of nitrogens with zero attached hydrogens (tertiary/aromatic N) is 2. The third kappa shape index (κ3) is 3.81. The summed E-state index contributed by atoms with van der Waals surface area (Å²) in [5.41, 5.74) is 1.75. The zero-order valence-electron chi connectivity index (χ0n) is 13.1. The van der Waals surface area contributed by atoms with Crippen LogP contribution < -0.4 is 0 Å². The van der Waals surface area contributed by atoms with Gasteiger partial charge in [0, 0.05) is 24.9 Å². The zero-order valence-corrected chi connectivity index (χ0v) is 14.6. The first-order chi connectivity index (χ1) is 11.0. The van der Waals surface area contributed by atoms with Crippen LogP contribution in [0.15, 0.2) is 23.4 Å². The molecule has 0 aromatic heterocycles. The van der Waals surface area contributed by atoms with Gasteiger partial charge in [-0.15, -0.1) is 0 Å². The highest BCUT2D eigenvalue weighted by molar-refractivity contribution is 6.42. The van der Waals surface area contributed by atoms with Crippen molar-refractivity contribution in [1.29, 1.82) is 0 Å². The number of carbonyl (C=O) groups excluding carboxylic acids is 1. The lowest BCUT2D eigenvalue weighted by molar-refractivity contribution is -0.135. The van der Waals surface area contributed by atoms with Crippen molar-refractivity contribution < 1.29 is 9.63 Å². The number of likely N-dealkylation sites (N-methyl/N-ethyl adjacent to an activating group) is 1. The van der Waals surface area contributed by atoms with E-state index in [4.69, 9.17) is 28.0 Å². The van der Waals surface area contributed by atoms with E-state index in [1.54, 1.807) is 17.0 Å². The molecule has 2 aliphatic rings. The van der Waals surface area contributed by atoms with Crippen LogP contribution in [0.25, 0.3) is 0 Å². The van der Waals surface area contributed by atoms with Gasteiger partial charge in [-0.25, -0.2) is 0 Å². The molecule has 0 unspecified atom stereocenters. The Morgan fingerprint density at radius 1 is 1.30 bits per heavy atom. The fourth-order valence-corrected chi connectivity index (χ4v) is 3.55. The molecule has 1 heterocycles. The minimum absolute atomic E-state index is 0.102. The third-order valence-electron chi connectivity index (χ3n) is 4.54. The fourth-order valence-electron chi connectivity index (χ4n) is 3.25. The van der Waals surface area contributed by atoms with Crippen molar-refractivity contribution in [3.05, 3.63) is 33.8 Å². The molecule has 0 radical (unpaired) electrons. The Bertz CT molecular complexity index is 627. The van der Waals surface area contributed by atoms with E-state index in [-0.39, 0.29) is 17.9 Å². The first kappa shape index (κ1) is 16.6. The lowest BCUT2D eigenvalue weighted by atomic mass is 10.0. The summed E-state index contributed by atoms with van der Waals surface area (Å²) in [4.78, 5) is 19.6. The molecule has 0 N–H and O–H groups in total. The molecule has 4 nitrogen and oxygen atoms in total. The van der Waals surface area contributed by atoms with Crippen molar-refractivity contribution >= 4 is 34.8 Å². The van der Waals surface area contributed by atoms with Gasteiger partial charge >= 0.3 is 0 Å². The Balaban J connectivity index is 1.56. The normalized spacial score (nSPS) is 21.2. The van der Waals surface area contributed by atoms with Gasteiger partial charge in [-0.2, -0.15) is 0 Å². The highest BCUT2D eigenvalue weighted by Crippen LogP contribution is 2.28. The summed E-state index contributed by atoms with van der Waals surface area (Å²) in [5, 5.41) is 5.17. The van der Waals surface area contributed by atoms with Gasteiger partial charge in [0.25, 0.3) is 0 Å². The summed E-state index contributed by atoms with van der Waals surface area (Å²) in [5.74, 6) is 0.422. The number of benzene rings is 1. The summed E-state index contributed by atoms with van der Waals surface area (Å²) in [6, 6.07) is 5.43. The van der Waals surface area contributed by atoms with Crippen LogP contribution in [0.4, 0.5) is 0 Å². The number of rotatable bonds is 4. The summed E-state index contributed by atoms with van der Waals surface area (Å²) in [6.07, 6.45) is 4.92. The molecular formula is C17H20Cl2N2O2. The molecule has 0 saturated heterocycles. The van der Waals surface area contributed by atoms with E-state index in [0.717, 1.165) is 37.0 Å². The lowest BCUT2D eigenvalue weighted by Gasteiger charge is -2.23. The molecule has 6 heteroatoms. The van der Waals surface area contributed by atoms with E-state index in [0.29, 0.717) is 23.0 Å². The van der Waals surface area contributed by atoms with E-state index in [1.165, 1.54) is 0 Å². The molecule has 23 heavy (non-hydrogen) atoms. The van der Waals surface area contributed by atoms with Crippen LogP contribution >= 0.6 is 23.2 Å². The summed E-state index contributed by atoms with van der Waals surface area (Å²) in [6.45, 7) is 0.559. The minimum atomic E-state index is -0.102. The summed E-state index contributed by atoms with van der Waals surface area (Å²) in [7, 11) is 1.85. The fraction of sp³-hybridized carbons (Fsp3) is 0.529. The number of hydrogen-bond donors (Lipinski definition) is 0. The van der Waals surface area contributed by atoms with Gasteiger partial charge in [0.15, 0.2) is 6.10 Å². The first-order valence-electron chi connectivity index (χ1n) is 7.97. The Morgan fingerprint density at radius 3 is 2.74 bits per heavy atom. The van der Waals surface area contributed by atoms with Crippen molar-refractivity contribution in [3.63, 3.8) is 0 Å². The molecule has 1 aromatic rings. The van der Waals surface area contributed by atoms with E-state index < -0.39 is 0 Å². The Morgan fingerprint density at radius 2 is 2.04 bits per heavy atom. The van der Waals surface area contributed by atoms with Gasteiger partial charge < -0.3 is 9.74 Å². The predicted octanol–water partition coefficient (Wildman–Crippen LogP) is 4.14. The van der Waals surface area contributed by atoms with E-state index >= 15 is 0 Å². The second-order valence-corrected chi connectivity index (χ2v) is 7.11. The Hall–Kier alpha value is -1.26. The number of halogens is 2. The molecule has 1 aliphatic heterocycles. The quantitative estimate of drug-likeness (QED) is 0.815. The number of hydrogen-bond acceptors (Lipinski definition) is 3. The second kappa shape index (κ2) is 7.10. The molecule has 0 bridgehead atoms. The highest BCUT2D eigenvalue weighted by Gasteiger charge is 2.29. The summed E-state index contributed by atoms with van der Waals surface area (Å²) >= 11 is 12.0. The zero-order chi connectivity index (χ0) is 16.4. The van der Waals surface area contributed by atoms with Crippen LogP contribution in [0.3, 0.4) is 0 Å². The Labute approximate surface area is 146 Å². The lowest BCUT2D eigenvalue weighted by Crippen LogP contribution is -2.37. The van der Waals surface area contributed by atoms with Crippen LogP contribution in [0.5, 0.6) is 0 Å². The molecule has 1 fully saturated rings. The van der Waals surface area contributed by atoms with Gasteiger partial charge in [-0.05, 0) is 25.0 Å². The second-order valence-electron chi connectivity index (χ2n) is 6.30. The minimum Gasteiger partial charge on any atom is -0.390 e. The van der Waals surface area contributed by atoms with Crippen LogP contribution in [0.1, 0.15) is 37.7 Å². The van der Waals surface area contributed by atoms with Gasteiger partial charge in [0.2, 0.25) is 5.91 Å². The van der Waals surface area contributed by atoms with E-state index in [9.17, 15) is 4.79 Å². The SMILES string of the molecule is CN(C[C@@H]1CC(c2ccc(Cl)c(Cl)c2)=NO1)C(=O)C1CCCC1. The van der Waals surface area contributed by atoms with Gasteiger partial charge in [-0.1, -0.05) is 47.3 Å². The molecule has 3 rings (SSSR count). The van der Waals surface area contributed by atoms with Crippen LogP contribution in [-0.2, 0) is 9.63 Å². The maximum Gasteiger partial charge on any atom is 0.225 e. The van der Waals surface area contributed by atoms with Crippen molar-refractivity contribution in [2.24, 2.45) is 11.1 Å². The van der Waals surface area contributed by atoms with Gasteiger partial charge in [0.1, 0.15) is 0 Å². The maximum atomic E-state index is 12.4. The topological polar surface area (TPSA) is 41.9 Å². The van der Waals surface area contributed by atoms with Gasteiger partial charge in [-0.3, -0.25) is 4.79 Å². The van der Waals surface area contributed by atoms with Crippen molar-refractivity contribution in [2.45, 2.75) is 38.2 Å². The third-order valence-corrected chi connectivity index (χ3v) is 5.28. The average molecular weight is 355 g/mol. The molecule has 1 saturated carbocycles. The maximum absolute atomic E-state index is 12.4. The van der Waals surface area contributed by atoms with E-state index in [1.807, 2.05) is 13.1 Å². The van der Waals surface area contributed by atoms with Crippen molar-refractivity contribution in [2.75, 3.05) is 13.6 Å². The molecular weight excluding hydrogens is 335 g/mol. The smallest absolute Gasteiger partial charge is 0.225 e. The largest absolute Gasteiger partial charge is 0.390 e. The van der Waals surface area contributed by atoms with Crippen LogP contribution in [0.2, 0.25) is 10.0 Å². The molecule has 1 aliphatic carbocycles. The van der Waals surface area contributed by atoms with Crippen LogP contribution in [-0.4, -0.2) is 36.2 Å². The highest BCUT2D eigenvalue weighted by atomic mass is 35.5.